The van der Waals surface area contributed by atoms with Gasteiger partial charge in [-0.1, -0.05) is 41.6 Å². The number of carbonyl (C=O) groups excluding carboxylic acids is 1. The minimum Gasteiger partial charge on any atom is -0.334 e. The summed E-state index contributed by atoms with van der Waals surface area (Å²) in [5, 5.41) is 9.97. The quantitative estimate of drug-likeness (QED) is 0.327. The number of carbonyl (C=O) groups is 1. The van der Waals surface area contributed by atoms with E-state index in [-0.39, 0.29) is 5.91 Å². The van der Waals surface area contributed by atoms with Crippen LogP contribution < -0.4 is 4.90 Å². The Kier molecular flexibility index (Phi) is 5.90. The van der Waals surface area contributed by atoms with Crippen LogP contribution in [0.15, 0.2) is 64.8 Å². The lowest BCUT2D eigenvalue weighted by atomic mass is 10.2. The van der Waals surface area contributed by atoms with Crippen LogP contribution in [0.1, 0.15) is 18.3 Å². The van der Waals surface area contributed by atoms with Crippen molar-refractivity contribution in [2.24, 2.45) is 10.2 Å². The molecule has 0 bridgehead atoms. The molecule has 0 unspecified atom stereocenters. The molecule has 30 heavy (non-hydrogen) atoms. The molecule has 2 heterocycles. The Balaban J connectivity index is 1.72. The summed E-state index contributed by atoms with van der Waals surface area (Å²) >= 11 is 12.8. The molecule has 0 saturated carbocycles. The topological polar surface area (TPSA) is 65.8 Å². The van der Waals surface area contributed by atoms with E-state index in [1.165, 1.54) is 11.8 Å². The molecule has 152 valence electrons. The first kappa shape index (κ1) is 20.6. The number of benzene rings is 2. The first-order chi connectivity index (χ1) is 14.5. The molecule has 1 saturated heterocycles. The molecule has 9 heteroatoms. The SMILES string of the molecule is C/C(=N\N=C1/SCC(=O)N1c1ccc(Cl)cc1)c1c(C)[nH]c(=S)n1-c1ccccc1. The average molecular weight is 456 g/mol. The summed E-state index contributed by atoms with van der Waals surface area (Å²) in [6.45, 7) is 3.83. The Labute approximate surface area is 188 Å². The predicted molar refractivity (Wildman–Crippen MR) is 127 cm³/mol. The highest BCUT2D eigenvalue weighted by molar-refractivity contribution is 8.15. The molecule has 3 aromatic rings. The number of H-pyrrole nitrogens is 1. The Morgan fingerprint density at radius 1 is 1.13 bits per heavy atom. The molecular weight excluding hydrogens is 438 g/mol. The van der Waals surface area contributed by atoms with Gasteiger partial charge in [-0.3, -0.25) is 14.3 Å². The van der Waals surface area contributed by atoms with Gasteiger partial charge in [0.2, 0.25) is 5.91 Å². The van der Waals surface area contributed by atoms with E-state index in [1.54, 1.807) is 29.2 Å². The summed E-state index contributed by atoms with van der Waals surface area (Å²) in [6, 6.07) is 16.9. The Morgan fingerprint density at radius 3 is 2.53 bits per heavy atom. The lowest BCUT2D eigenvalue weighted by molar-refractivity contribution is -0.115. The van der Waals surface area contributed by atoms with Gasteiger partial charge in [-0.2, -0.15) is 5.10 Å². The number of aromatic amines is 1. The number of nitrogens with zero attached hydrogens (tertiary/aromatic N) is 4. The predicted octanol–water partition coefficient (Wildman–Crippen LogP) is 5.36. The number of rotatable bonds is 4. The summed E-state index contributed by atoms with van der Waals surface area (Å²) in [4.78, 5) is 17.2. The van der Waals surface area contributed by atoms with Gasteiger partial charge in [0.25, 0.3) is 0 Å². The van der Waals surface area contributed by atoms with E-state index in [9.17, 15) is 4.79 Å². The third kappa shape index (κ3) is 3.98. The van der Waals surface area contributed by atoms with Crippen LogP contribution in [-0.4, -0.2) is 32.1 Å². The number of anilines is 1. The molecule has 6 nitrogen and oxygen atoms in total. The zero-order chi connectivity index (χ0) is 21.3. The second-order valence-corrected chi connectivity index (χ2v) is 8.40. The number of amides is 1. The minimum absolute atomic E-state index is 0.0426. The van der Waals surface area contributed by atoms with E-state index in [2.05, 4.69) is 15.2 Å². The van der Waals surface area contributed by atoms with Gasteiger partial charge in [-0.15, -0.1) is 5.10 Å². The zero-order valence-corrected chi connectivity index (χ0v) is 18.7. The average Bonchev–Trinajstić information content (AvgIpc) is 3.26. The third-order valence-electron chi connectivity index (χ3n) is 4.57. The largest absolute Gasteiger partial charge is 0.334 e. The Bertz CT molecular complexity index is 1210. The van der Waals surface area contributed by atoms with E-state index in [4.69, 9.17) is 23.8 Å². The van der Waals surface area contributed by atoms with Crippen LogP contribution in [0.5, 0.6) is 0 Å². The van der Waals surface area contributed by atoms with E-state index in [1.807, 2.05) is 48.7 Å². The maximum atomic E-state index is 12.4. The van der Waals surface area contributed by atoms with E-state index in [0.29, 0.717) is 32.1 Å². The van der Waals surface area contributed by atoms with Crippen LogP contribution in [0, 0.1) is 11.7 Å². The molecule has 1 aliphatic heterocycles. The number of aryl methyl sites for hydroxylation is 1. The smallest absolute Gasteiger partial charge is 0.243 e. The molecule has 1 aromatic heterocycles. The van der Waals surface area contributed by atoms with Crippen LogP contribution in [-0.2, 0) is 4.79 Å². The molecular formula is C21H18ClN5OS2. The number of halogens is 1. The highest BCUT2D eigenvalue weighted by atomic mass is 35.5. The van der Waals surface area contributed by atoms with Crippen molar-refractivity contribution in [3.8, 4) is 5.69 Å². The second-order valence-electron chi connectivity index (χ2n) is 6.64. The number of amidine groups is 1. The van der Waals surface area contributed by atoms with Crippen molar-refractivity contribution in [2.75, 3.05) is 10.7 Å². The normalized spacial score (nSPS) is 16.0. The minimum atomic E-state index is -0.0426. The molecule has 0 spiro atoms. The second kappa shape index (κ2) is 8.59. The highest BCUT2D eigenvalue weighted by Crippen LogP contribution is 2.28. The molecule has 1 aliphatic rings. The number of thioether (sulfide) groups is 1. The molecule has 0 aliphatic carbocycles. The van der Waals surface area contributed by atoms with Crippen LogP contribution >= 0.6 is 35.6 Å². The molecule has 0 radical (unpaired) electrons. The van der Waals surface area contributed by atoms with Crippen molar-refractivity contribution in [2.45, 2.75) is 13.8 Å². The Morgan fingerprint density at radius 2 is 1.83 bits per heavy atom. The molecule has 1 fully saturated rings. The standard InChI is InChI=1S/C21H18ClN5OS2/c1-13-19(27(20(29)23-13)16-6-4-3-5-7-16)14(2)24-25-21-26(18(28)12-30-21)17-10-8-15(22)9-11-17/h3-11H,12H2,1-2H3,(H,23,29)/b24-14+,25-21-. The van der Waals surface area contributed by atoms with Crippen molar-refractivity contribution in [1.82, 2.24) is 9.55 Å². The maximum Gasteiger partial charge on any atom is 0.243 e. The molecule has 1 amide bonds. The van der Waals surface area contributed by atoms with Gasteiger partial charge in [0, 0.05) is 16.4 Å². The number of hydrogen-bond donors (Lipinski definition) is 1. The van der Waals surface area contributed by atoms with E-state index < -0.39 is 0 Å². The van der Waals surface area contributed by atoms with Crippen molar-refractivity contribution >= 4 is 58.1 Å². The van der Waals surface area contributed by atoms with Crippen molar-refractivity contribution < 1.29 is 4.79 Å². The monoisotopic (exact) mass is 455 g/mol. The van der Waals surface area contributed by atoms with E-state index in [0.717, 1.165) is 17.1 Å². The lowest BCUT2D eigenvalue weighted by Gasteiger charge is -2.15. The number of aromatic nitrogens is 2. The summed E-state index contributed by atoms with van der Waals surface area (Å²) in [6.07, 6.45) is 0. The van der Waals surface area contributed by atoms with Crippen molar-refractivity contribution in [3.05, 3.63) is 75.8 Å². The first-order valence-electron chi connectivity index (χ1n) is 9.16. The highest BCUT2D eigenvalue weighted by Gasteiger charge is 2.30. The van der Waals surface area contributed by atoms with Crippen LogP contribution in [0.2, 0.25) is 5.02 Å². The van der Waals surface area contributed by atoms with Gasteiger partial charge >= 0.3 is 0 Å². The fourth-order valence-electron chi connectivity index (χ4n) is 3.25. The van der Waals surface area contributed by atoms with Gasteiger partial charge in [0.15, 0.2) is 9.94 Å². The van der Waals surface area contributed by atoms with Gasteiger partial charge in [-0.25, -0.2) is 0 Å². The summed E-state index contributed by atoms with van der Waals surface area (Å²) in [5.74, 6) is 0.276. The van der Waals surface area contributed by atoms with Crippen LogP contribution in [0.25, 0.3) is 5.69 Å². The van der Waals surface area contributed by atoms with Crippen molar-refractivity contribution in [3.63, 3.8) is 0 Å². The maximum absolute atomic E-state index is 12.4. The van der Waals surface area contributed by atoms with Crippen molar-refractivity contribution in [1.29, 1.82) is 0 Å². The van der Waals surface area contributed by atoms with Crippen LogP contribution in [0.3, 0.4) is 0 Å². The molecule has 1 N–H and O–H groups in total. The van der Waals surface area contributed by atoms with Gasteiger partial charge in [0.05, 0.1) is 22.8 Å². The number of nitrogens with one attached hydrogen (secondary N) is 1. The fourth-order valence-corrected chi connectivity index (χ4v) is 4.54. The third-order valence-corrected chi connectivity index (χ3v) is 6.02. The van der Waals surface area contributed by atoms with Gasteiger partial charge in [-0.05, 0) is 62.5 Å². The fraction of sp³-hybridized carbons (Fsp3) is 0.143. The molecule has 0 atom stereocenters. The molecule has 2 aromatic carbocycles. The number of hydrogen-bond acceptors (Lipinski definition) is 5. The number of imidazole rings is 1. The molecule has 4 rings (SSSR count). The lowest BCUT2D eigenvalue weighted by Crippen LogP contribution is -2.29. The Hall–Kier alpha value is -2.68. The summed E-state index contributed by atoms with van der Waals surface area (Å²) in [5.41, 5.74) is 4.09. The van der Waals surface area contributed by atoms with Gasteiger partial charge < -0.3 is 4.98 Å². The van der Waals surface area contributed by atoms with Crippen LogP contribution in [0.4, 0.5) is 5.69 Å². The summed E-state index contributed by atoms with van der Waals surface area (Å²) < 4.78 is 2.53. The van der Waals surface area contributed by atoms with E-state index >= 15 is 0 Å². The summed E-state index contributed by atoms with van der Waals surface area (Å²) in [7, 11) is 0. The first-order valence-corrected chi connectivity index (χ1v) is 10.9. The number of para-hydroxylation sites is 1. The zero-order valence-electron chi connectivity index (χ0n) is 16.3. The van der Waals surface area contributed by atoms with Gasteiger partial charge in [0.1, 0.15) is 0 Å².